The van der Waals surface area contributed by atoms with Gasteiger partial charge in [-0.3, -0.25) is 4.79 Å². The maximum absolute atomic E-state index is 12.4. The molecule has 0 aromatic heterocycles. The first-order chi connectivity index (χ1) is 8.71. The minimum atomic E-state index is -4.35. The summed E-state index contributed by atoms with van der Waals surface area (Å²) >= 11 is 0. The lowest BCUT2D eigenvalue weighted by Crippen LogP contribution is -2.40. The van der Waals surface area contributed by atoms with Gasteiger partial charge in [0.2, 0.25) is 0 Å². The second kappa shape index (κ2) is 6.06. The highest BCUT2D eigenvalue weighted by Gasteiger charge is 2.30. The fraction of sp³-hybridized carbons (Fsp3) is 0.462. The molecule has 3 nitrogen and oxygen atoms in total. The van der Waals surface area contributed by atoms with E-state index >= 15 is 0 Å². The van der Waals surface area contributed by atoms with Gasteiger partial charge in [0, 0.05) is 6.54 Å². The van der Waals surface area contributed by atoms with E-state index in [-0.39, 0.29) is 12.5 Å². The van der Waals surface area contributed by atoms with E-state index in [0.29, 0.717) is 5.56 Å². The molecule has 0 amide bonds. The highest BCUT2D eigenvalue weighted by atomic mass is 19.4. The summed E-state index contributed by atoms with van der Waals surface area (Å²) in [5.74, 6) is -1.08. The molecule has 106 valence electrons. The Labute approximate surface area is 109 Å². The summed E-state index contributed by atoms with van der Waals surface area (Å²) in [6.07, 6.45) is -4.35. The summed E-state index contributed by atoms with van der Waals surface area (Å²) in [6, 6.07) is 3.94. The molecule has 2 N–H and O–H groups in total. The Hall–Kier alpha value is -1.56. The number of carbonyl (C=O) groups is 1. The van der Waals surface area contributed by atoms with Crippen molar-refractivity contribution >= 4 is 5.97 Å². The normalized spacial score (nSPS) is 13.6. The van der Waals surface area contributed by atoms with Crippen LogP contribution in [0.4, 0.5) is 13.2 Å². The zero-order chi connectivity index (χ0) is 14.6. The summed E-state index contributed by atoms with van der Waals surface area (Å²) in [4.78, 5) is 10.9. The zero-order valence-corrected chi connectivity index (χ0v) is 10.7. The number of carboxylic acids is 1. The lowest BCUT2D eigenvalue weighted by Gasteiger charge is -2.18. The topological polar surface area (TPSA) is 49.3 Å². The SMILES string of the molecule is CC(C)[C@@H](NCc1ccc(C(F)(F)F)cc1)C(=O)O. The first-order valence-electron chi connectivity index (χ1n) is 5.84. The zero-order valence-electron chi connectivity index (χ0n) is 10.7. The number of aliphatic carboxylic acids is 1. The second-order valence-electron chi connectivity index (χ2n) is 4.64. The summed E-state index contributed by atoms with van der Waals surface area (Å²) < 4.78 is 37.1. The largest absolute Gasteiger partial charge is 0.480 e. The average Bonchev–Trinajstić information content (AvgIpc) is 2.27. The average molecular weight is 275 g/mol. The quantitative estimate of drug-likeness (QED) is 0.868. The van der Waals surface area contributed by atoms with Crippen LogP contribution >= 0.6 is 0 Å². The number of benzene rings is 1. The molecule has 0 aliphatic heterocycles. The molecule has 0 spiro atoms. The van der Waals surface area contributed by atoms with Crippen LogP contribution < -0.4 is 5.32 Å². The molecule has 1 aromatic carbocycles. The third-order valence-corrected chi connectivity index (χ3v) is 2.74. The van der Waals surface area contributed by atoms with Gasteiger partial charge in [-0.15, -0.1) is 0 Å². The Balaban J connectivity index is 2.66. The van der Waals surface area contributed by atoms with Crippen LogP contribution in [0.5, 0.6) is 0 Å². The minimum Gasteiger partial charge on any atom is -0.480 e. The van der Waals surface area contributed by atoms with Crippen LogP contribution in [0, 0.1) is 5.92 Å². The predicted octanol–water partition coefficient (Wildman–Crippen LogP) is 2.90. The van der Waals surface area contributed by atoms with Gasteiger partial charge in [0.15, 0.2) is 0 Å². The van der Waals surface area contributed by atoms with Gasteiger partial charge in [0.25, 0.3) is 0 Å². The number of carboxylic acid groups (broad SMARTS) is 1. The van der Waals surface area contributed by atoms with Crippen molar-refractivity contribution in [2.45, 2.75) is 32.6 Å². The van der Waals surface area contributed by atoms with Gasteiger partial charge >= 0.3 is 12.1 Å². The number of hydrogen-bond acceptors (Lipinski definition) is 2. The van der Waals surface area contributed by atoms with Crippen molar-refractivity contribution < 1.29 is 23.1 Å². The van der Waals surface area contributed by atoms with E-state index < -0.39 is 23.8 Å². The van der Waals surface area contributed by atoms with E-state index in [4.69, 9.17) is 5.11 Å². The van der Waals surface area contributed by atoms with Crippen molar-refractivity contribution in [2.75, 3.05) is 0 Å². The smallest absolute Gasteiger partial charge is 0.416 e. The molecular weight excluding hydrogens is 259 g/mol. The van der Waals surface area contributed by atoms with Gasteiger partial charge in [-0.05, 0) is 23.6 Å². The van der Waals surface area contributed by atoms with Gasteiger partial charge in [0.1, 0.15) is 6.04 Å². The van der Waals surface area contributed by atoms with Crippen LogP contribution in [0.15, 0.2) is 24.3 Å². The summed E-state index contributed by atoms with van der Waals surface area (Å²) in [7, 11) is 0. The lowest BCUT2D eigenvalue weighted by molar-refractivity contribution is -0.140. The van der Waals surface area contributed by atoms with Crippen LogP contribution in [0.1, 0.15) is 25.0 Å². The van der Waals surface area contributed by atoms with Gasteiger partial charge in [-0.2, -0.15) is 13.2 Å². The van der Waals surface area contributed by atoms with E-state index in [1.165, 1.54) is 12.1 Å². The third kappa shape index (κ3) is 4.55. The number of nitrogens with one attached hydrogen (secondary N) is 1. The van der Waals surface area contributed by atoms with Crippen LogP contribution in [0.2, 0.25) is 0 Å². The molecule has 0 radical (unpaired) electrons. The maximum atomic E-state index is 12.4. The molecular formula is C13H16F3NO2. The molecule has 1 atom stereocenters. The Morgan fingerprint density at radius 1 is 1.26 bits per heavy atom. The van der Waals surface area contributed by atoms with Gasteiger partial charge in [-0.1, -0.05) is 26.0 Å². The molecule has 1 aromatic rings. The van der Waals surface area contributed by atoms with Gasteiger partial charge in [0.05, 0.1) is 5.56 Å². The second-order valence-corrected chi connectivity index (χ2v) is 4.64. The van der Waals surface area contributed by atoms with Crippen LogP contribution in [-0.4, -0.2) is 17.1 Å². The monoisotopic (exact) mass is 275 g/mol. The number of rotatable bonds is 5. The van der Waals surface area contributed by atoms with Crippen molar-refractivity contribution in [2.24, 2.45) is 5.92 Å². The third-order valence-electron chi connectivity index (χ3n) is 2.74. The molecule has 0 unspecified atom stereocenters. The van der Waals surface area contributed by atoms with E-state index in [0.717, 1.165) is 12.1 Å². The molecule has 1 rings (SSSR count). The first-order valence-corrected chi connectivity index (χ1v) is 5.84. The predicted molar refractivity (Wildman–Crippen MR) is 64.5 cm³/mol. The van der Waals surface area contributed by atoms with Crippen LogP contribution in [0.3, 0.4) is 0 Å². The standard InChI is InChI=1S/C13H16F3NO2/c1-8(2)11(12(18)19)17-7-9-3-5-10(6-4-9)13(14,15)16/h3-6,8,11,17H,7H2,1-2H3,(H,18,19)/t11-/m1/s1. The maximum Gasteiger partial charge on any atom is 0.416 e. The number of hydrogen-bond donors (Lipinski definition) is 2. The Bertz CT molecular complexity index is 427. The minimum absolute atomic E-state index is 0.105. The van der Waals surface area contributed by atoms with Crippen LogP contribution in [-0.2, 0) is 17.5 Å². The Kier molecular flexibility index (Phi) is 4.94. The molecule has 0 saturated heterocycles. The van der Waals surface area contributed by atoms with Crippen molar-refractivity contribution in [3.8, 4) is 0 Å². The molecule has 0 aliphatic rings. The molecule has 6 heteroatoms. The summed E-state index contributed by atoms with van der Waals surface area (Å²) in [6.45, 7) is 3.74. The highest BCUT2D eigenvalue weighted by Crippen LogP contribution is 2.29. The molecule has 0 bridgehead atoms. The number of halogens is 3. The fourth-order valence-electron chi connectivity index (χ4n) is 1.65. The molecule has 19 heavy (non-hydrogen) atoms. The van der Waals surface area contributed by atoms with E-state index in [9.17, 15) is 18.0 Å². The van der Waals surface area contributed by atoms with Gasteiger partial charge in [-0.25, -0.2) is 0 Å². The number of alkyl halides is 3. The molecule has 0 aliphatic carbocycles. The summed E-state index contributed by atoms with van der Waals surface area (Å²) in [5.41, 5.74) is -0.102. The van der Waals surface area contributed by atoms with Crippen molar-refractivity contribution in [3.05, 3.63) is 35.4 Å². The fourth-order valence-corrected chi connectivity index (χ4v) is 1.65. The lowest BCUT2D eigenvalue weighted by atomic mass is 10.0. The van der Waals surface area contributed by atoms with Crippen molar-refractivity contribution in [1.29, 1.82) is 0 Å². The Morgan fingerprint density at radius 2 is 1.79 bits per heavy atom. The van der Waals surface area contributed by atoms with E-state index in [2.05, 4.69) is 5.32 Å². The molecule has 0 heterocycles. The van der Waals surface area contributed by atoms with Gasteiger partial charge < -0.3 is 10.4 Å². The summed E-state index contributed by atoms with van der Waals surface area (Å²) in [5, 5.41) is 11.8. The van der Waals surface area contributed by atoms with Crippen LogP contribution in [0.25, 0.3) is 0 Å². The van der Waals surface area contributed by atoms with Crippen molar-refractivity contribution in [3.63, 3.8) is 0 Å². The van der Waals surface area contributed by atoms with Crippen molar-refractivity contribution in [1.82, 2.24) is 5.32 Å². The first kappa shape index (κ1) is 15.5. The Morgan fingerprint density at radius 3 is 2.16 bits per heavy atom. The van der Waals surface area contributed by atoms with E-state index in [1.54, 1.807) is 13.8 Å². The van der Waals surface area contributed by atoms with E-state index in [1.807, 2.05) is 0 Å². The molecule has 0 saturated carbocycles. The molecule has 0 fully saturated rings. The highest BCUT2D eigenvalue weighted by molar-refractivity contribution is 5.73.